The average molecular weight is 297 g/mol. The van der Waals surface area contributed by atoms with Gasteiger partial charge in [0.05, 0.1) is 0 Å². The van der Waals surface area contributed by atoms with Crippen molar-refractivity contribution in [1.29, 1.82) is 0 Å². The van der Waals surface area contributed by atoms with E-state index in [1.165, 1.54) is 0 Å². The molecule has 0 amide bonds. The summed E-state index contributed by atoms with van der Waals surface area (Å²) in [6.45, 7) is 1.82. The number of anilines is 1. The van der Waals surface area contributed by atoms with Crippen LogP contribution in [0.25, 0.3) is 0 Å². The fraction of sp³-hybridized carbons (Fsp3) is 0.571. The summed E-state index contributed by atoms with van der Waals surface area (Å²) in [6, 6.07) is 7.40. The van der Waals surface area contributed by atoms with Crippen molar-refractivity contribution in [2.75, 3.05) is 24.4 Å². The Morgan fingerprint density at radius 1 is 1.05 bits per heavy atom. The minimum absolute atomic E-state index is 0.596. The predicted molar refractivity (Wildman–Crippen MR) is 81.8 cm³/mol. The van der Waals surface area contributed by atoms with Crippen molar-refractivity contribution >= 4 is 15.9 Å². The second kappa shape index (κ2) is 7.06. The van der Waals surface area contributed by atoms with Gasteiger partial charge in [-0.3, -0.25) is 4.72 Å². The molecule has 1 saturated heterocycles. The molecule has 1 aliphatic rings. The molecule has 0 spiro atoms. The van der Waals surface area contributed by atoms with Crippen molar-refractivity contribution in [3.05, 3.63) is 29.8 Å². The molecule has 0 saturated carbocycles. The molecule has 3 N–H and O–H groups in total. The van der Waals surface area contributed by atoms with E-state index in [0.717, 1.165) is 37.7 Å². The third kappa shape index (κ3) is 4.19. The van der Waals surface area contributed by atoms with Crippen molar-refractivity contribution in [3.8, 4) is 0 Å². The van der Waals surface area contributed by atoms with E-state index in [0.29, 0.717) is 25.3 Å². The van der Waals surface area contributed by atoms with E-state index in [2.05, 4.69) is 4.72 Å². The van der Waals surface area contributed by atoms with Gasteiger partial charge in [-0.25, -0.2) is 0 Å². The molecule has 20 heavy (non-hydrogen) atoms. The minimum Gasteiger partial charge on any atom is -0.330 e. The Morgan fingerprint density at radius 3 is 2.20 bits per heavy atom. The number of nitrogens with one attached hydrogen (secondary N) is 1. The molecule has 0 aromatic heterocycles. The summed E-state index contributed by atoms with van der Waals surface area (Å²) >= 11 is 0. The molecular weight excluding hydrogens is 274 g/mol. The van der Waals surface area contributed by atoms with Gasteiger partial charge in [0.25, 0.3) is 0 Å². The summed E-state index contributed by atoms with van der Waals surface area (Å²) in [5.74, 6) is 0. The van der Waals surface area contributed by atoms with Crippen LogP contribution in [0.5, 0.6) is 0 Å². The van der Waals surface area contributed by atoms with Crippen molar-refractivity contribution in [2.45, 2.75) is 32.1 Å². The summed E-state index contributed by atoms with van der Waals surface area (Å²) in [5.41, 5.74) is 7.22. The first-order valence-corrected chi connectivity index (χ1v) is 8.63. The lowest BCUT2D eigenvalue weighted by atomic mass is 10.1. The van der Waals surface area contributed by atoms with E-state index in [-0.39, 0.29) is 0 Å². The molecule has 1 aliphatic heterocycles. The second-order valence-corrected chi connectivity index (χ2v) is 6.83. The molecule has 112 valence electrons. The van der Waals surface area contributed by atoms with Gasteiger partial charge in [-0.05, 0) is 43.5 Å². The molecule has 0 atom stereocenters. The topological polar surface area (TPSA) is 75.4 Å². The molecule has 2 rings (SSSR count). The number of nitrogens with two attached hydrogens (primary N) is 1. The van der Waals surface area contributed by atoms with Gasteiger partial charge in [-0.1, -0.05) is 25.0 Å². The van der Waals surface area contributed by atoms with Gasteiger partial charge in [0, 0.05) is 18.8 Å². The summed E-state index contributed by atoms with van der Waals surface area (Å²) < 4.78 is 28.8. The zero-order valence-electron chi connectivity index (χ0n) is 11.7. The number of nitrogens with zero attached hydrogens (tertiary/aromatic N) is 1. The van der Waals surface area contributed by atoms with Crippen LogP contribution in [0.15, 0.2) is 24.3 Å². The third-order valence-corrected chi connectivity index (χ3v) is 5.08. The molecule has 5 nitrogen and oxygen atoms in total. The van der Waals surface area contributed by atoms with Crippen molar-refractivity contribution in [3.63, 3.8) is 0 Å². The first-order chi connectivity index (χ1) is 9.62. The number of rotatable bonds is 5. The summed E-state index contributed by atoms with van der Waals surface area (Å²) in [5, 5.41) is 0. The maximum Gasteiger partial charge on any atom is 0.301 e. The fourth-order valence-electron chi connectivity index (χ4n) is 2.40. The van der Waals surface area contributed by atoms with E-state index in [4.69, 9.17) is 5.73 Å². The third-order valence-electron chi connectivity index (χ3n) is 3.54. The Balaban J connectivity index is 2.03. The first kappa shape index (κ1) is 15.3. The zero-order valence-corrected chi connectivity index (χ0v) is 12.5. The highest BCUT2D eigenvalue weighted by Crippen LogP contribution is 2.17. The molecule has 1 heterocycles. The van der Waals surface area contributed by atoms with Gasteiger partial charge in [0.2, 0.25) is 0 Å². The molecule has 0 aliphatic carbocycles. The van der Waals surface area contributed by atoms with Crippen molar-refractivity contribution in [1.82, 2.24) is 4.31 Å². The quantitative estimate of drug-likeness (QED) is 0.869. The molecule has 1 fully saturated rings. The highest BCUT2D eigenvalue weighted by Gasteiger charge is 2.22. The fourth-order valence-corrected chi connectivity index (χ4v) is 3.70. The Hall–Kier alpha value is -1.11. The van der Waals surface area contributed by atoms with E-state index < -0.39 is 10.2 Å². The first-order valence-electron chi connectivity index (χ1n) is 7.19. The molecular formula is C14H23N3O2S. The number of hydrogen-bond donors (Lipinski definition) is 2. The van der Waals surface area contributed by atoms with Crippen LogP contribution in [0.2, 0.25) is 0 Å². The zero-order chi connectivity index (χ0) is 14.4. The van der Waals surface area contributed by atoms with Gasteiger partial charge in [-0.2, -0.15) is 12.7 Å². The molecule has 0 unspecified atom stereocenters. The normalized spacial score (nSPS) is 17.6. The smallest absolute Gasteiger partial charge is 0.301 e. The van der Waals surface area contributed by atoms with Crippen LogP contribution in [0, 0.1) is 0 Å². The molecule has 0 bridgehead atoms. The van der Waals surface area contributed by atoms with Crippen LogP contribution < -0.4 is 10.5 Å². The number of benzene rings is 1. The van der Waals surface area contributed by atoms with Gasteiger partial charge in [0.1, 0.15) is 0 Å². The van der Waals surface area contributed by atoms with E-state index >= 15 is 0 Å². The number of hydrogen-bond acceptors (Lipinski definition) is 3. The van der Waals surface area contributed by atoms with E-state index in [1.807, 2.05) is 12.1 Å². The largest absolute Gasteiger partial charge is 0.330 e. The monoisotopic (exact) mass is 297 g/mol. The maximum absolute atomic E-state index is 12.3. The Morgan fingerprint density at radius 2 is 1.65 bits per heavy atom. The van der Waals surface area contributed by atoms with Gasteiger partial charge < -0.3 is 5.73 Å². The molecule has 6 heteroatoms. The summed E-state index contributed by atoms with van der Waals surface area (Å²) in [6.07, 6.45) is 4.91. The molecule has 1 aromatic rings. The standard InChI is InChI=1S/C14H23N3O2S/c15-10-9-13-5-7-14(8-6-13)16-20(18,19)17-11-3-1-2-4-12-17/h5-8,16H,1-4,9-12,15H2. The van der Waals surface area contributed by atoms with Gasteiger partial charge >= 0.3 is 10.2 Å². The van der Waals surface area contributed by atoms with Crippen LogP contribution in [-0.2, 0) is 16.6 Å². The Labute approximate surface area is 121 Å². The SMILES string of the molecule is NCCc1ccc(NS(=O)(=O)N2CCCCCC2)cc1. The molecule has 1 aromatic carbocycles. The van der Waals surface area contributed by atoms with Crippen LogP contribution in [0.3, 0.4) is 0 Å². The van der Waals surface area contributed by atoms with E-state index in [9.17, 15) is 8.42 Å². The second-order valence-electron chi connectivity index (χ2n) is 5.16. The highest BCUT2D eigenvalue weighted by atomic mass is 32.2. The van der Waals surface area contributed by atoms with Crippen molar-refractivity contribution in [2.24, 2.45) is 5.73 Å². The average Bonchev–Trinajstić information content (AvgIpc) is 2.70. The van der Waals surface area contributed by atoms with Crippen LogP contribution in [-0.4, -0.2) is 32.4 Å². The lowest BCUT2D eigenvalue weighted by Gasteiger charge is -2.20. The summed E-state index contributed by atoms with van der Waals surface area (Å²) in [4.78, 5) is 0. The van der Waals surface area contributed by atoms with Crippen molar-refractivity contribution < 1.29 is 8.42 Å². The van der Waals surface area contributed by atoms with Gasteiger partial charge in [0.15, 0.2) is 0 Å². The van der Waals surface area contributed by atoms with Crippen LogP contribution in [0.1, 0.15) is 31.2 Å². The highest BCUT2D eigenvalue weighted by molar-refractivity contribution is 7.90. The Bertz CT molecular complexity index is 506. The Kier molecular flexibility index (Phi) is 5.39. The lowest BCUT2D eigenvalue weighted by molar-refractivity contribution is 0.427. The van der Waals surface area contributed by atoms with Crippen LogP contribution >= 0.6 is 0 Å². The lowest BCUT2D eigenvalue weighted by Crippen LogP contribution is -2.36. The predicted octanol–water partition coefficient (Wildman–Crippen LogP) is 1.72. The van der Waals surface area contributed by atoms with Gasteiger partial charge in [-0.15, -0.1) is 0 Å². The molecule has 0 radical (unpaired) electrons. The summed E-state index contributed by atoms with van der Waals surface area (Å²) in [7, 11) is -3.43. The minimum atomic E-state index is -3.43. The maximum atomic E-state index is 12.3. The van der Waals surface area contributed by atoms with E-state index in [1.54, 1.807) is 16.4 Å². The van der Waals surface area contributed by atoms with Crippen LogP contribution in [0.4, 0.5) is 5.69 Å².